The first-order chi connectivity index (χ1) is 14.0. The SMILES string of the molecule is Cc1nc2nc(NC34CCCC3CCC4O)n(C)c(=O)c2n1Cc1ccccc1. The number of aliphatic hydroxyl groups excluding tert-OH is 1. The van der Waals surface area contributed by atoms with Gasteiger partial charge in [-0.3, -0.25) is 9.36 Å². The fraction of sp³-hybridized carbons (Fsp3) is 0.500. The first kappa shape index (κ1) is 18.4. The van der Waals surface area contributed by atoms with Gasteiger partial charge in [0, 0.05) is 13.6 Å². The number of anilines is 1. The van der Waals surface area contributed by atoms with Gasteiger partial charge in [0.15, 0.2) is 11.2 Å². The largest absolute Gasteiger partial charge is 0.391 e. The van der Waals surface area contributed by atoms with Crippen LogP contribution in [0.4, 0.5) is 5.95 Å². The molecule has 5 rings (SSSR count). The van der Waals surface area contributed by atoms with E-state index >= 15 is 0 Å². The van der Waals surface area contributed by atoms with Crippen molar-refractivity contribution in [3.8, 4) is 0 Å². The molecule has 0 amide bonds. The van der Waals surface area contributed by atoms with Crippen molar-refractivity contribution in [2.75, 3.05) is 5.32 Å². The number of hydrogen-bond acceptors (Lipinski definition) is 5. The number of rotatable bonds is 4. The number of aromatic nitrogens is 4. The van der Waals surface area contributed by atoms with Crippen LogP contribution in [0.15, 0.2) is 35.1 Å². The molecule has 2 aromatic heterocycles. The Hall–Kier alpha value is -2.67. The predicted octanol–water partition coefficient (Wildman–Crippen LogP) is 2.59. The summed E-state index contributed by atoms with van der Waals surface area (Å²) in [6.45, 7) is 2.49. The van der Waals surface area contributed by atoms with Crippen molar-refractivity contribution < 1.29 is 5.11 Å². The molecule has 3 atom stereocenters. The highest BCUT2D eigenvalue weighted by molar-refractivity contribution is 5.72. The average Bonchev–Trinajstić information content (AvgIpc) is 3.35. The van der Waals surface area contributed by atoms with Gasteiger partial charge >= 0.3 is 0 Å². The molecule has 2 heterocycles. The van der Waals surface area contributed by atoms with E-state index in [1.165, 1.54) is 0 Å². The van der Waals surface area contributed by atoms with Crippen LogP contribution in [-0.4, -0.2) is 35.9 Å². The zero-order valence-electron chi connectivity index (χ0n) is 16.9. The summed E-state index contributed by atoms with van der Waals surface area (Å²) < 4.78 is 3.50. The van der Waals surface area contributed by atoms with Crippen LogP contribution >= 0.6 is 0 Å². The summed E-state index contributed by atoms with van der Waals surface area (Å²) in [5.41, 5.74) is 1.61. The molecule has 2 aliphatic rings. The van der Waals surface area contributed by atoms with Gasteiger partial charge in [-0.05, 0) is 44.1 Å². The summed E-state index contributed by atoms with van der Waals surface area (Å²) in [5.74, 6) is 1.70. The van der Waals surface area contributed by atoms with Crippen LogP contribution in [0.2, 0.25) is 0 Å². The molecule has 0 spiro atoms. The van der Waals surface area contributed by atoms with Gasteiger partial charge in [0.1, 0.15) is 5.82 Å². The second-order valence-electron chi connectivity index (χ2n) is 8.55. The van der Waals surface area contributed by atoms with E-state index in [2.05, 4.69) is 10.3 Å². The number of nitrogens with zero attached hydrogens (tertiary/aromatic N) is 4. The highest BCUT2D eigenvalue weighted by atomic mass is 16.3. The molecule has 2 saturated carbocycles. The molecule has 7 nitrogen and oxygen atoms in total. The Morgan fingerprint density at radius 1 is 1.21 bits per heavy atom. The van der Waals surface area contributed by atoms with E-state index in [1.807, 2.05) is 41.8 Å². The molecule has 3 aromatic rings. The van der Waals surface area contributed by atoms with Gasteiger partial charge in [-0.2, -0.15) is 4.98 Å². The third-order valence-electron chi connectivity index (χ3n) is 6.96. The van der Waals surface area contributed by atoms with Crippen molar-refractivity contribution >= 4 is 17.1 Å². The standard InChI is InChI=1S/C22H27N5O2/c1-14-23-19-18(27(14)13-15-7-4-3-5-8-15)20(29)26(2)21(24-19)25-22-12-6-9-16(22)10-11-17(22)28/h3-5,7-8,16-17,28H,6,9-13H2,1-2H3,(H,24,25). The fourth-order valence-corrected chi connectivity index (χ4v) is 5.36. The van der Waals surface area contributed by atoms with Crippen LogP contribution in [-0.2, 0) is 13.6 Å². The molecule has 152 valence electrons. The minimum Gasteiger partial charge on any atom is -0.391 e. The monoisotopic (exact) mass is 393 g/mol. The van der Waals surface area contributed by atoms with E-state index in [9.17, 15) is 9.90 Å². The van der Waals surface area contributed by atoms with Crippen molar-refractivity contribution in [2.24, 2.45) is 13.0 Å². The zero-order chi connectivity index (χ0) is 20.2. The van der Waals surface area contributed by atoms with Crippen LogP contribution in [0.5, 0.6) is 0 Å². The van der Waals surface area contributed by atoms with Gasteiger partial charge in [-0.25, -0.2) is 4.98 Å². The van der Waals surface area contributed by atoms with E-state index < -0.39 is 6.10 Å². The normalized spacial score (nSPS) is 26.2. The maximum Gasteiger partial charge on any atom is 0.280 e. The lowest BCUT2D eigenvalue weighted by atomic mass is 9.89. The highest BCUT2D eigenvalue weighted by Gasteiger charge is 2.52. The second kappa shape index (κ2) is 6.69. The number of benzene rings is 1. The Labute approximate surface area is 169 Å². The Balaban J connectivity index is 1.58. The molecule has 2 N–H and O–H groups in total. The number of aryl methyl sites for hydroxylation is 1. The summed E-state index contributed by atoms with van der Waals surface area (Å²) >= 11 is 0. The molecule has 1 aromatic carbocycles. The third kappa shape index (κ3) is 2.79. The molecule has 2 fully saturated rings. The van der Waals surface area contributed by atoms with E-state index in [4.69, 9.17) is 4.98 Å². The summed E-state index contributed by atoms with van der Waals surface area (Å²) in [4.78, 5) is 22.6. The summed E-state index contributed by atoms with van der Waals surface area (Å²) in [7, 11) is 1.74. The van der Waals surface area contributed by atoms with Crippen LogP contribution in [0.25, 0.3) is 11.2 Å². The summed E-state index contributed by atoms with van der Waals surface area (Å²) in [6, 6.07) is 10.0. The molecule has 0 aliphatic heterocycles. The molecule has 7 heteroatoms. The van der Waals surface area contributed by atoms with Crippen LogP contribution in [0.3, 0.4) is 0 Å². The number of aliphatic hydroxyl groups is 1. The van der Waals surface area contributed by atoms with Crippen molar-refractivity contribution in [2.45, 2.75) is 57.2 Å². The van der Waals surface area contributed by atoms with Crippen molar-refractivity contribution in [1.29, 1.82) is 0 Å². The van der Waals surface area contributed by atoms with Gasteiger partial charge in [0.05, 0.1) is 11.6 Å². The van der Waals surface area contributed by atoms with Crippen molar-refractivity contribution in [1.82, 2.24) is 19.1 Å². The summed E-state index contributed by atoms with van der Waals surface area (Å²) in [5, 5.41) is 14.2. The lowest BCUT2D eigenvalue weighted by Crippen LogP contribution is -2.48. The van der Waals surface area contributed by atoms with Crippen LogP contribution in [0, 0.1) is 12.8 Å². The van der Waals surface area contributed by atoms with Crippen molar-refractivity contribution in [3.63, 3.8) is 0 Å². The third-order valence-corrected chi connectivity index (χ3v) is 6.96. The molecule has 0 radical (unpaired) electrons. The van der Waals surface area contributed by atoms with Crippen molar-refractivity contribution in [3.05, 3.63) is 52.1 Å². The lowest BCUT2D eigenvalue weighted by Gasteiger charge is -2.35. The Bertz CT molecular complexity index is 1120. The quantitative estimate of drug-likeness (QED) is 0.712. The molecule has 0 bridgehead atoms. The van der Waals surface area contributed by atoms with E-state index in [-0.39, 0.29) is 11.1 Å². The fourth-order valence-electron chi connectivity index (χ4n) is 5.36. The molecule has 3 unspecified atom stereocenters. The maximum atomic E-state index is 13.3. The minimum atomic E-state index is -0.403. The molecular weight excluding hydrogens is 366 g/mol. The molecular formula is C22H27N5O2. The Kier molecular flexibility index (Phi) is 4.24. The number of nitrogens with one attached hydrogen (secondary N) is 1. The first-order valence-corrected chi connectivity index (χ1v) is 10.4. The number of fused-ring (bicyclic) bond motifs is 2. The van der Waals surface area contributed by atoms with Crippen LogP contribution < -0.4 is 10.9 Å². The molecule has 2 aliphatic carbocycles. The van der Waals surface area contributed by atoms with Gasteiger partial charge < -0.3 is 15.0 Å². The molecule has 29 heavy (non-hydrogen) atoms. The summed E-state index contributed by atoms with van der Waals surface area (Å²) in [6.07, 6.45) is 4.54. The van der Waals surface area contributed by atoms with Gasteiger partial charge in [0.25, 0.3) is 5.56 Å². The molecule has 0 saturated heterocycles. The predicted molar refractivity (Wildman–Crippen MR) is 112 cm³/mol. The average molecular weight is 393 g/mol. The highest BCUT2D eigenvalue weighted by Crippen LogP contribution is 2.49. The number of imidazole rings is 1. The van der Waals surface area contributed by atoms with E-state index in [1.54, 1.807) is 11.6 Å². The Morgan fingerprint density at radius 2 is 2.00 bits per heavy atom. The zero-order valence-corrected chi connectivity index (χ0v) is 16.9. The maximum absolute atomic E-state index is 13.3. The topological polar surface area (TPSA) is 85.0 Å². The minimum absolute atomic E-state index is 0.118. The lowest BCUT2D eigenvalue weighted by molar-refractivity contribution is 0.113. The smallest absolute Gasteiger partial charge is 0.280 e. The van der Waals surface area contributed by atoms with Gasteiger partial charge in [-0.1, -0.05) is 36.8 Å². The van der Waals surface area contributed by atoms with E-state index in [0.29, 0.717) is 29.6 Å². The van der Waals surface area contributed by atoms with Gasteiger partial charge in [0.2, 0.25) is 5.95 Å². The second-order valence-corrected chi connectivity index (χ2v) is 8.55. The number of hydrogen-bond donors (Lipinski definition) is 2. The van der Waals surface area contributed by atoms with E-state index in [0.717, 1.165) is 43.5 Å². The van der Waals surface area contributed by atoms with Gasteiger partial charge in [-0.15, -0.1) is 0 Å². The Morgan fingerprint density at radius 3 is 2.79 bits per heavy atom. The van der Waals surface area contributed by atoms with Crippen LogP contribution in [0.1, 0.15) is 43.5 Å². The first-order valence-electron chi connectivity index (χ1n) is 10.4.